The molecule has 0 aliphatic carbocycles. The number of aromatic nitrogens is 4. The summed E-state index contributed by atoms with van der Waals surface area (Å²) in [6.07, 6.45) is 0.0694. The van der Waals surface area contributed by atoms with E-state index < -0.39 is 52.1 Å². The SMILES string of the molecule is CCOC(=O)[C@@H](Cc1cc(O)ccc1OCc1ccnc(-c2ccccc2OC)n1)Oc1ncnc2sc(-c3ccc(F)cc3)c(-c3cc(Cl)c(O[C@H](COC(c4ccccc4)(c4ccc(OC)cc4)c4ccc(OC)cc4)COS(=O)(=O)Cc4ccccc4)c(Cl)c3)c12. The number of carbonyl (C=O) groups excluding carboxylic acids is 1. The third-order valence-electron chi connectivity index (χ3n) is 15.1. The second kappa shape index (κ2) is 29.9. The summed E-state index contributed by atoms with van der Waals surface area (Å²) in [5.41, 5.74) is 4.20. The Kier molecular flexibility index (Phi) is 21.0. The van der Waals surface area contributed by atoms with Crippen molar-refractivity contribution >= 4 is 60.8 Å². The van der Waals surface area contributed by atoms with Gasteiger partial charge in [0.25, 0.3) is 10.1 Å². The number of phenols is 1. The molecule has 0 radical (unpaired) electrons. The zero-order valence-electron chi connectivity index (χ0n) is 51.1. The largest absolute Gasteiger partial charge is 0.508 e. The van der Waals surface area contributed by atoms with Crippen LogP contribution in [0.3, 0.4) is 0 Å². The highest BCUT2D eigenvalue weighted by molar-refractivity contribution is 7.85. The van der Waals surface area contributed by atoms with Crippen molar-refractivity contribution in [2.75, 3.05) is 41.2 Å². The van der Waals surface area contributed by atoms with E-state index in [4.69, 9.17) is 70.3 Å². The number of carbonyl (C=O) groups is 1. The summed E-state index contributed by atoms with van der Waals surface area (Å²) in [7, 11) is 0.458. The van der Waals surface area contributed by atoms with Gasteiger partial charge in [-0.3, -0.25) is 4.18 Å². The zero-order chi connectivity index (χ0) is 65.8. The maximum atomic E-state index is 14.7. The van der Waals surface area contributed by atoms with Gasteiger partial charge >= 0.3 is 5.97 Å². The lowest BCUT2D eigenvalue weighted by atomic mass is 9.80. The van der Waals surface area contributed by atoms with Gasteiger partial charge in [0.05, 0.1) is 61.2 Å². The monoisotopic (exact) mass is 1340 g/mol. The van der Waals surface area contributed by atoms with Crippen LogP contribution < -0.4 is 28.4 Å². The first-order valence-corrected chi connectivity index (χ1v) is 32.6. The van der Waals surface area contributed by atoms with Crippen molar-refractivity contribution in [1.82, 2.24) is 19.9 Å². The number of esters is 1. The Morgan fingerprint density at radius 2 is 1.33 bits per heavy atom. The number of fused-ring (bicyclic) bond motifs is 1. The van der Waals surface area contributed by atoms with Crippen molar-refractivity contribution in [3.63, 3.8) is 0 Å². The third-order valence-corrected chi connectivity index (χ3v) is 18.0. The molecule has 0 fully saturated rings. The fraction of sp³-hybridized carbons (Fsp3) is 0.181. The van der Waals surface area contributed by atoms with Crippen LogP contribution in [0.25, 0.3) is 43.2 Å². The van der Waals surface area contributed by atoms with Crippen LogP contribution >= 0.6 is 34.5 Å². The van der Waals surface area contributed by atoms with Gasteiger partial charge in [0, 0.05) is 28.6 Å². The molecule has 0 aliphatic rings. The molecule has 0 unspecified atom stereocenters. The normalized spacial score (nSPS) is 12.2. The van der Waals surface area contributed by atoms with Gasteiger partial charge in [0.1, 0.15) is 76.4 Å². The molecule has 480 valence electrons. The van der Waals surface area contributed by atoms with Crippen molar-refractivity contribution in [3.8, 4) is 73.3 Å². The average Bonchev–Trinajstić information content (AvgIpc) is 1.42. The van der Waals surface area contributed by atoms with E-state index in [1.165, 1.54) is 41.9 Å². The Balaban J connectivity index is 0.961. The number of nitrogens with zero attached hydrogens (tertiary/aromatic N) is 4. The van der Waals surface area contributed by atoms with Gasteiger partial charge < -0.3 is 43.0 Å². The summed E-state index contributed by atoms with van der Waals surface area (Å²) < 4.78 is 97.6. The minimum Gasteiger partial charge on any atom is -0.508 e. The molecule has 11 aromatic rings. The Labute approximate surface area is 556 Å². The Hall–Kier alpha value is -9.67. The van der Waals surface area contributed by atoms with Crippen LogP contribution in [0.15, 0.2) is 207 Å². The van der Waals surface area contributed by atoms with E-state index in [0.29, 0.717) is 94.1 Å². The standard InChI is InChI=1S/C72H61Cl2FN4O13S2/c1-5-87-71(81)63(39-47-36-54(80)28-33-61(47)88-40-53-34-35-76-68(79-53)58-18-12-13-19-62(58)86-4)92-69-65-64(67(93-70(65)78-44-77-69)46-20-26-52(75)27-21-46)48-37-59(73)66(60(74)38-48)91-57(42-90-94(82,83)43-45-14-8-6-9-15-45)41-89-72(49-16-10-7-11-17-49,50-22-29-55(84-2)30-23-50)51-24-31-56(85-3)32-25-51/h6-38,44,57,63,80H,5,39-43H2,1-4H3/t57-,63-/m1/s1. The van der Waals surface area contributed by atoms with Gasteiger partial charge in [-0.15, -0.1) is 11.3 Å². The van der Waals surface area contributed by atoms with Crippen LogP contribution in [-0.2, 0) is 53.0 Å². The molecule has 8 aromatic carbocycles. The highest BCUT2D eigenvalue weighted by Crippen LogP contribution is 2.50. The number of methoxy groups -OCH3 is 3. The molecule has 22 heteroatoms. The number of ether oxygens (including phenoxy) is 8. The van der Waals surface area contributed by atoms with Crippen molar-refractivity contribution in [2.24, 2.45) is 0 Å². The molecule has 94 heavy (non-hydrogen) atoms. The van der Waals surface area contributed by atoms with E-state index in [-0.39, 0.29) is 53.7 Å². The second-order valence-corrected chi connectivity index (χ2v) is 24.6. The average molecular weight is 1340 g/mol. The quantitative estimate of drug-likeness (QED) is 0.0275. The van der Waals surface area contributed by atoms with E-state index in [9.17, 15) is 22.7 Å². The fourth-order valence-electron chi connectivity index (χ4n) is 10.7. The molecule has 0 aliphatic heterocycles. The van der Waals surface area contributed by atoms with Crippen LogP contribution in [0.5, 0.6) is 40.4 Å². The number of hydrogen-bond acceptors (Lipinski definition) is 18. The van der Waals surface area contributed by atoms with E-state index >= 15 is 0 Å². The Morgan fingerprint density at radius 1 is 0.681 bits per heavy atom. The van der Waals surface area contributed by atoms with Crippen LogP contribution in [0.1, 0.15) is 40.4 Å². The van der Waals surface area contributed by atoms with Crippen molar-refractivity contribution in [3.05, 3.63) is 256 Å². The number of halogens is 3. The molecule has 0 spiro atoms. The number of thiophene rings is 1. The van der Waals surface area contributed by atoms with Crippen molar-refractivity contribution in [1.29, 1.82) is 0 Å². The van der Waals surface area contributed by atoms with Gasteiger partial charge in [-0.25, -0.2) is 29.1 Å². The molecule has 0 amide bonds. The summed E-state index contributed by atoms with van der Waals surface area (Å²) in [5, 5.41) is 11.2. The highest BCUT2D eigenvalue weighted by Gasteiger charge is 2.40. The number of benzene rings is 8. The molecule has 3 heterocycles. The zero-order valence-corrected chi connectivity index (χ0v) is 54.3. The third kappa shape index (κ3) is 15.2. The minimum absolute atomic E-state index is 0.00476. The van der Waals surface area contributed by atoms with E-state index in [1.807, 2.05) is 103 Å². The summed E-state index contributed by atoms with van der Waals surface area (Å²) in [6.45, 7) is 0.744. The molecule has 17 nitrogen and oxygen atoms in total. The van der Waals surface area contributed by atoms with E-state index in [2.05, 4.69) is 15.0 Å². The van der Waals surface area contributed by atoms with E-state index in [1.54, 1.807) is 101 Å². The van der Waals surface area contributed by atoms with Crippen LogP contribution in [-0.4, -0.2) is 92.8 Å². The number of aromatic hydroxyl groups is 1. The predicted molar refractivity (Wildman–Crippen MR) is 357 cm³/mol. The number of rotatable bonds is 28. The molecule has 1 N–H and O–H groups in total. The lowest BCUT2D eigenvalue weighted by Gasteiger charge is -2.37. The summed E-state index contributed by atoms with van der Waals surface area (Å²) >= 11 is 16.0. The van der Waals surface area contributed by atoms with Gasteiger partial charge in [0.2, 0.25) is 12.0 Å². The minimum atomic E-state index is -4.26. The molecule has 0 saturated carbocycles. The second-order valence-electron chi connectivity index (χ2n) is 21.2. The van der Waals surface area contributed by atoms with Crippen LogP contribution in [0.4, 0.5) is 4.39 Å². The summed E-state index contributed by atoms with van der Waals surface area (Å²) in [6, 6.07) is 55.5. The summed E-state index contributed by atoms with van der Waals surface area (Å²) in [4.78, 5) is 33.6. The molecular weight excluding hydrogens is 1280 g/mol. The lowest BCUT2D eigenvalue weighted by Crippen LogP contribution is -2.39. The Morgan fingerprint density at radius 3 is 1.99 bits per heavy atom. The first-order chi connectivity index (χ1) is 45.6. The smallest absolute Gasteiger partial charge is 0.347 e. The molecular formula is C72H61Cl2FN4O13S2. The first-order valence-electron chi connectivity index (χ1n) is 29.5. The predicted octanol–water partition coefficient (Wildman–Crippen LogP) is 15.1. The molecule has 11 rings (SSSR count). The van der Waals surface area contributed by atoms with Gasteiger partial charge in [0.15, 0.2) is 11.6 Å². The number of phenolic OH excluding ortho intramolecular Hbond substituents is 1. The number of hydrogen-bond donors (Lipinski definition) is 1. The van der Waals surface area contributed by atoms with Gasteiger partial charge in [-0.2, -0.15) is 8.42 Å². The van der Waals surface area contributed by atoms with Crippen molar-refractivity contribution in [2.45, 2.75) is 43.5 Å². The fourth-order valence-corrected chi connectivity index (χ4v) is 13.4. The topological polar surface area (TPSA) is 206 Å². The molecule has 3 aromatic heterocycles. The van der Waals surface area contributed by atoms with Gasteiger partial charge in [-0.1, -0.05) is 132 Å². The maximum Gasteiger partial charge on any atom is 0.347 e. The number of para-hydroxylation sites is 1. The van der Waals surface area contributed by atoms with Crippen molar-refractivity contribution < 1.29 is 64.8 Å². The van der Waals surface area contributed by atoms with Gasteiger partial charge in [-0.05, 0) is 125 Å². The van der Waals surface area contributed by atoms with E-state index in [0.717, 1.165) is 5.56 Å². The summed E-state index contributed by atoms with van der Waals surface area (Å²) in [5.74, 6) is 0.641. The first kappa shape index (κ1) is 65.8. The van der Waals surface area contributed by atoms with Crippen LogP contribution in [0, 0.1) is 5.82 Å². The highest BCUT2D eigenvalue weighted by atomic mass is 35.5. The maximum absolute atomic E-state index is 14.7. The lowest BCUT2D eigenvalue weighted by molar-refractivity contribution is -0.151. The molecule has 0 bridgehead atoms. The molecule has 2 atom stereocenters. The molecule has 0 saturated heterocycles. The Bertz CT molecular complexity index is 4470. The van der Waals surface area contributed by atoms with Crippen LogP contribution in [0.2, 0.25) is 10.0 Å².